The Labute approximate surface area is 106 Å². The molecule has 1 heterocycles. The van der Waals surface area contributed by atoms with E-state index in [2.05, 4.69) is 15.9 Å². The molecule has 16 heavy (non-hydrogen) atoms. The lowest BCUT2D eigenvalue weighted by molar-refractivity contribution is -0.140. The summed E-state index contributed by atoms with van der Waals surface area (Å²) in [6.45, 7) is 0. The monoisotopic (exact) mass is 302 g/mol. The molecule has 0 saturated heterocycles. The zero-order valence-electron chi connectivity index (χ0n) is 8.48. The van der Waals surface area contributed by atoms with Crippen LogP contribution >= 0.6 is 27.3 Å². The van der Waals surface area contributed by atoms with Gasteiger partial charge in [0.25, 0.3) is 0 Å². The van der Waals surface area contributed by atoms with Crippen LogP contribution in [0.5, 0.6) is 0 Å². The summed E-state index contributed by atoms with van der Waals surface area (Å²) in [6, 6.07) is 3.98. The van der Waals surface area contributed by atoms with Crippen LogP contribution in [0, 0.1) is 5.92 Å². The average molecular weight is 303 g/mol. The molecule has 0 radical (unpaired) electrons. The number of Topliss-reactive ketones (excluding diaryl/α,β-unsaturated/α-hetero) is 1. The van der Waals surface area contributed by atoms with Crippen molar-refractivity contribution in [1.29, 1.82) is 0 Å². The van der Waals surface area contributed by atoms with E-state index in [-0.39, 0.29) is 24.0 Å². The lowest BCUT2D eigenvalue weighted by atomic mass is 10.0. The van der Waals surface area contributed by atoms with Gasteiger partial charge in [-0.15, -0.1) is 11.3 Å². The van der Waals surface area contributed by atoms with Crippen molar-refractivity contribution in [2.45, 2.75) is 25.2 Å². The summed E-state index contributed by atoms with van der Waals surface area (Å²) in [6.07, 6.45) is 1.14. The Bertz CT molecular complexity index is 427. The maximum absolute atomic E-state index is 11.6. The molecule has 1 aliphatic rings. The van der Waals surface area contributed by atoms with E-state index in [0.717, 1.165) is 3.79 Å². The summed E-state index contributed by atoms with van der Waals surface area (Å²) in [5, 5.41) is 8.70. The Balaban J connectivity index is 2.06. The number of carbonyl (C=O) groups excluding carboxylic acids is 1. The molecule has 2 atom stereocenters. The van der Waals surface area contributed by atoms with Crippen molar-refractivity contribution >= 4 is 39.0 Å². The highest BCUT2D eigenvalue weighted by Gasteiger charge is 2.35. The number of ketones is 1. The normalized spacial score (nSPS) is 24.9. The van der Waals surface area contributed by atoms with E-state index in [4.69, 9.17) is 5.11 Å². The molecular formula is C11H11BrO3S. The summed E-state index contributed by atoms with van der Waals surface area (Å²) in [7, 11) is 0. The number of carboxylic acids is 1. The second-order valence-corrected chi connectivity index (χ2v) is 6.53. The Kier molecular flexibility index (Phi) is 3.44. The summed E-state index contributed by atoms with van der Waals surface area (Å²) in [5.41, 5.74) is 0. The number of hydrogen-bond donors (Lipinski definition) is 1. The minimum absolute atomic E-state index is 0.0259. The summed E-state index contributed by atoms with van der Waals surface area (Å²) < 4.78 is 1.05. The number of carbonyl (C=O) groups is 2. The van der Waals surface area contributed by atoms with Crippen LogP contribution in [0.15, 0.2) is 15.9 Å². The van der Waals surface area contributed by atoms with E-state index in [1.807, 2.05) is 12.1 Å². The number of halogens is 1. The Hall–Kier alpha value is -0.680. The molecule has 2 rings (SSSR count). The molecule has 1 aromatic heterocycles. The maximum Gasteiger partial charge on any atom is 0.304 e. The summed E-state index contributed by atoms with van der Waals surface area (Å²) >= 11 is 5.01. The van der Waals surface area contributed by atoms with E-state index in [9.17, 15) is 9.59 Å². The third-order valence-corrected chi connectivity index (χ3v) is 4.68. The van der Waals surface area contributed by atoms with E-state index in [0.29, 0.717) is 12.8 Å². The van der Waals surface area contributed by atoms with Crippen molar-refractivity contribution in [2.24, 2.45) is 5.92 Å². The highest BCUT2D eigenvalue weighted by Crippen LogP contribution is 2.41. The van der Waals surface area contributed by atoms with Gasteiger partial charge in [-0.3, -0.25) is 9.59 Å². The molecule has 1 fully saturated rings. The van der Waals surface area contributed by atoms with Gasteiger partial charge in [0.2, 0.25) is 0 Å². The van der Waals surface area contributed by atoms with Crippen LogP contribution < -0.4 is 0 Å². The molecule has 3 nitrogen and oxygen atoms in total. The average Bonchev–Trinajstić information content (AvgIpc) is 2.74. The lowest BCUT2D eigenvalue weighted by Crippen LogP contribution is -2.11. The third kappa shape index (κ3) is 2.52. The van der Waals surface area contributed by atoms with Gasteiger partial charge in [0.1, 0.15) is 5.78 Å². The Morgan fingerprint density at radius 1 is 1.56 bits per heavy atom. The lowest BCUT2D eigenvalue weighted by Gasteiger charge is -2.05. The number of carboxylic acid groups (broad SMARTS) is 1. The highest BCUT2D eigenvalue weighted by atomic mass is 79.9. The molecule has 0 bridgehead atoms. The number of hydrogen-bond acceptors (Lipinski definition) is 3. The predicted molar refractivity (Wildman–Crippen MR) is 64.7 cm³/mol. The highest BCUT2D eigenvalue weighted by molar-refractivity contribution is 9.11. The van der Waals surface area contributed by atoms with Crippen LogP contribution in [0.3, 0.4) is 0 Å². The summed E-state index contributed by atoms with van der Waals surface area (Å²) in [5.74, 6) is -0.861. The van der Waals surface area contributed by atoms with Crippen LogP contribution in [0.25, 0.3) is 0 Å². The zero-order chi connectivity index (χ0) is 11.7. The number of thiophene rings is 1. The molecule has 0 aromatic carbocycles. The predicted octanol–water partition coefficient (Wildman–Crippen LogP) is 3.05. The first-order valence-corrected chi connectivity index (χ1v) is 6.67. The van der Waals surface area contributed by atoms with Gasteiger partial charge in [0.05, 0.1) is 10.2 Å². The molecule has 1 aromatic rings. The van der Waals surface area contributed by atoms with E-state index in [1.54, 1.807) is 11.3 Å². The SMILES string of the molecule is O=C(O)CC1CC(c2ccc(Br)s2)CC1=O. The van der Waals surface area contributed by atoms with Gasteiger partial charge < -0.3 is 5.11 Å². The van der Waals surface area contributed by atoms with Gasteiger partial charge in [-0.25, -0.2) is 0 Å². The fourth-order valence-corrected chi connectivity index (χ4v) is 3.68. The molecule has 1 saturated carbocycles. The van der Waals surface area contributed by atoms with Gasteiger partial charge in [-0.05, 0) is 34.5 Å². The van der Waals surface area contributed by atoms with Crippen LogP contribution in [0.4, 0.5) is 0 Å². The van der Waals surface area contributed by atoms with E-state index < -0.39 is 5.97 Å². The zero-order valence-corrected chi connectivity index (χ0v) is 10.9. The maximum atomic E-state index is 11.6. The minimum atomic E-state index is -0.883. The van der Waals surface area contributed by atoms with Crippen molar-refractivity contribution in [3.63, 3.8) is 0 Å². The molecule has 5 heteroatoms. The summed E-state index contributed by atoms with van der Waals surface area (Å²) in [4.78, 5) is 23.4. The fourth-order valence-electron chi connectivity index (χ4n) is 2.14. The molecule has 0 amide bonds. The second kappa shape index (κ2) is 4.67. The van der Waals surface area contributed by atoms with Crippen LogP contribution in [0.2, 0.25) is 0 Å². The molecule has 1 aliphatic carbocycles. The topological polar surface area (TPSA) is 54.4 Å². The standard InChI is InChI=1S/C11H11BrO3S/c12-10-2-1-9(16-10)7-3-6(5-11(14)15)8(13)4-7/h1-2,6-7H,3-5H2,(H,14,15). The third-order valence-electron chi connectivity index (χ3n) is 2.89. The Morgan fingerprint density at radius 2 is 2.31 bits per heavy atom. The Morgan fingerprint density at radius 3 is 2.88 bits per heavy atom. The van der Waals surface area contributed by atoms with Crippen molar-refractivity contribution in [3.8, 4) is 0 Å². The number of rotatable bonds is 3. The van der Waals surface area contributed by atoms with Crippen LogP contribution in [-0.2, 0) is 9.59 Å². The first-order chi connectivity index (χ1) is 7.56. The molecular weight excluding hydrogens is 292 g/mol. The van der Waals surface area contributed by atoms with Crippen molar-refractivity contribution < 1.29 is 14.7 Å². The van der Waals surface area contributed by atoms with Crippen LogP contribution in [-0.4, -0.2) is 16.9 Å². The van der Waals surface area contributed by atoms with Gasteiger partial charge >= 0.3 is 5.97 Å². The quantitative estimate of drug-likeness (QED) is 0.933. The van der Waals surface area contributed by atoms with Crippen LogP contribution in [0.1, 0.15) is 30.1 Å². The second-order valence-electron chi connectivity index (χ2n) is 4.04. The van der Waals surface area contributed by atoms with Crippen molar-refractivity contribution in [3.05, 3.63) is 20.8 Å². The molecule has 2 unspecified atom stereocenters. The van der Waals surface area contributed by atoms with Crippen molar-refractivity contribution in [2.75, 3.05) is 0 Å². The van der Waals surface area contributed by atoms with Gasteiger partial charge in [0.15, 0.2) is 0 Å². The first kappa shape index (κ1) is 11.8. The molecule has 0 spiro atoms. The molecule has 1 N–H and O–H groups in total. The van der Waals surface area contributed by atoms with E-state index >= 15 is 0 Å². The van der Waals surface area contributed by atoms with E-state index in [1.165, 1.54) is 4.88 Å². The minimum Gasteiger partial charge on any atom is -0.481 e. The number of aliphatic carboxylic acids is 1. The molecule has 86 valence electrons. The van der Waals surface area contributed by atoms with Crippen molar-refractivity contribution in [1.82, 2.24) is 0 Å². The molecule has 0 aliphatic heterocycles. The van der Waals surface area contributed by atoms with Gasteiger partial charge in [-0.2, -0.15) is 0 Å². The van der Waals surface area contributed by atoms with Gasteiger partial charge in [-0.1, -0.05) is 0 Å². The fraction of sp³-hybridized carbons (Fsp3) is 0.455. The largest absolute Gasteiger partial charge is 0.481 e. The smallest absolute Gasteiger partial charge is 0.304 e. The van der Waals surface area contributed by atoms with Gasteiger partial charge in [0, 0.05) is 23.1 Å². The first-order valence-electron chi connectivity index (χ1n) is 5.06.